The molecule has 0 aliphatic heterocycles. The summed E-state index contributed by atoms with van der Waals surface area (Å²) in [6.45, 7) is 6.29. The van der Waals surface area contributed by atoms with E-state index in [4.69, 9.17) is 14.2 Å². The fraction of sp³-hybridized carbons (Fsp3) is 0.650. The molecule has 0 aromatic carbocycles. The van der Waals surface area contributed by atoms with Crippen LogP contribution in [0.25, 0.3) is 0 Å². The van der Waals surface area contributed by atoms with Gasteiger partial charge in [0.25, 0.3) is 0 Å². The van der Waals surface area contributed by atoms with Gasteiger partial charge in [0.15, 0.2) is 6.10 Å². The maximum absolute atomic E-state index is 12.7. The van der Waals surface area contributed by atoms with Crippen LogP contribution in [0.15, 0.2) is 109 Å². The highest BCUT2D eigenvalue weighted by Gasteiger charge is 2.19. The lowest BCUT2D eigenvalue weighted by molar-refractivity contribution is -0.167. The lowest BCUT2D eigenvalue weighted by atomic mass is 10.0. The molecule has 0 amide bonds. The molecular formula is C60H98O6. The molecule has 1 atom stereocenters. The molecule has 0 radical (unpaired) electrons. The molecule has 6 heteroatoms. The Morgan fingerprint density at radius 3 is 0.970 bits per heavy atom. The molecule has 0 aromatic rings. The highest BCUT2D eigenvalue weighted by molar-refractivity contribution is 5.71. The molecule has 0 aliphatic rings. The first-order valence-corrected chi connectivity index (χ1v) is 26.9. The zero-order valence-corrected chi connectivity index (χ0v) is 42.7. The van der Waals surface area contributed by atoms with Gasteiger partial charge in [0.2, 0.25) is 0 Å². The van der Waals surface area contributed by atoms with Crippen molar-refractivity contribution in [3.05, 3.63) is 109 Å². The summed E-state index contributed by atoms with van der Waals surface area (Å²) in [5.41, 5.74) is 0. The second-order valence-electron chi connectivity index (χ2n) is 17.4. The van der Waals surface area contributed by atoms with E-state index in [1.807, 2.05) is 0 Å². The maximum atomic E-state index is 12.7. The van der Waals surface area contributed by atoms with E-state index in [-0.39, 0.29) is 37.5 Å². The third-order valence-electron chi connectivity index (χ3n) is 11.0. The summed E-state index contributed by atoms with van der Waals surface area (Å²) in [6.07, 6.45) is 72.6. The summed E-state index contributed by atoms with van der Waals surface area (Å²) in [5, 5.41) is 0. The molecule has 6 nitrogen and oxygen atoms in total. The summed E-state index contributed by atoms with van der Waals surface area (Å²) >= 11 is 0. The minimum Gasteiger partial charge on any atom is -0.462 e. The fourth-order valence-electron chi connectivity index (χ4n) is 7.06. The van der Waals surface area contributed by atoms with Gasteiger partial charge in [-0.2, -0.15) is 0 Å². The number of allylic oxidation sites excluding steroid dienone is 18. The zero-order valence-electron chi connectivity index (χ0n) is 42.7. The van der Waals surface area contributed by atoms with Crippen molar-refractivity contribution in [3.63, 3.8) is 0 Å². The molecule has 0 spiro atoms. The minimum absolute atomic E-state index is 0.102. The van der Waals surface area contributed by atoms with Crippen molar-refractivity contribution in [1.82, 2.24) is 0 Å². The SMILES string of the molecule is CC/C=C\C/C=C\C/C=C\C/C=C\C/C=C\CCCC(=O)OC(COC(=O)CCCCCCCC)COC(=O)CCCCCCCCCCCCCC/C=C\C/C=C\C/C=C\C/C=C\CC. The molecule has 374 valence electrons. The van der Waals surface area contributed by atoms with Crippen molar-refractivity contribution >= 4 is 17.9 Å². The van der Waals surface area contributed by atoms with Gasteiger partial charge in [0, 0.05) is 19.3 Å². The molecule has 0 fully saturated rings. The normalized spacial score (nSPS) is 13.0. The number of ether oxygens (including phenoxy) is 3. The summed E-state index contributed by atoms with van der Waals surface area (Å²) in [6, 6.07) is 0. The van der Waals surface area contributed by atoms with E-state index < -0.39 is 6.10 Å². The standard InChI is InChI=1S/C60H98O6/c1-4-7-10-13-16-18-20-22-24-26-27-28-29-30-31-32-33-35-36-38-40-42-44-47-50-53-59(62)65-56-57(55-64-58(61)52-49-46-15-12-9-6-3)66-60(63)54-51-48-45-43-41-39-37-34-25-23-21-19-17-14-11-8-5-2/h7-8,10-11,16-19,22-25,27-28,37,39,43,45,57H,4-6,9,12-15,20-21,26,29-36,38,40-42,44,46-56H2,1-3H3/b10-7-,11-8-,18-16-,19-17-,24-22-,25-23-,28-27-,39-37-,45-43-. The summed E-state index contributed by atoms with van der Waals surface area (Å²) in [5.74, 6) is -0.976. The summed E-state index contributed by atoms with van der Waals surface area (Å²) in [4.78, 5) is 37.8. The Kier molecular flexibility index (Phi) is 50.5. The van der Waals surface area contributed by atoms with Gasteiger partial charge in [0.1, 0.15) is 13.2 Å². The monoisotopic (exact) mass is 915 g/mol. The molecule has 66 heavy (non-hydrogen) atoms. The predicted octanol–water partition coefficient (Wildman–Crippen LogP) is 17.9. The van der Waals surface area contributed by atoms with E-state index in [0.717, 1.165) is 103 Å². The van der Waals surface area contributed by atoms with Crippen LogP contribution in [0, 0.1) is 0 Å². The first-order valence-electron chi connectivity index (χ1n) is 26.9. The largest absolute Gasteiger partial charge is 0.462 e. The number of rotatable bonds is 47. The lowest BCUT2D eigenvalue weighted by Gasteiger charge is -2.18. The van der Waals surface area contributed by atoms with Crippen LogP contribution in [0.3, 0.4) is 0 Å². The Bertz CT molecular complexity index is 1370. The van der Waals surface area contributed by atoms with E-state index in [1.165, 1.54) is 83.5 Å². The molecule has 0 aliphatic carbocycles. The van der Waals surface area contributed by atoms with Gasteiger partial charge in [-0.05, 0) is 96.3 Å². The third kappa shape index (κ3) is 51.1. The number of esters is 3. The highest BCUT2D eigenvalue weighted by Crippen LogP contribution is 2.14. The van der Waals surface area contributed by atoms with E-state index >= 15 is 0 Å². The van der Waals surface area contributed by atoms with Gasteiger partial charge >= 0.3 is 17.9 Å². The Hall–Kier alpha value is -3.93. The van der Waals surface area contributed by atoms with Crippen LogP contribution >= 0.6 is 0 Å². The second kappa shape index (κ2) is 53.7. The van der Waals surface area contributed by atoms with Gasteiger partial charge in [0.05, 0.1) is 0 Å². The Balaban J connectivity index is 4.22. The number of carbonyl (C=O) groups is 3. The van der Waals surface area contributed by atoms with Crippen molar-refractivity contribution in [2.75, 3.05) is 13.2 Å². The Morgan fingerprint density at radius 2 is 0.606 bits per heavy atom. The molecule has 0 aromatic heterocycles. The fourth-order valence-corrected chi connectivity index (χ4v) is 7.06. The van der Waals surface area contributed by atoms with E-state index in [2.05, 4.69) is 130 Å². The average molecular weight is 915 g/mol. The second-order valence-corrected chi connectivity index (χ2v) is 17.4. The van der Waals surface area contributed by atoms with E-state index in [1.54, 1.807) is 0 Å². The van der Waals surface area contributed by atoms with Crippen LogP contribution in [0.1, 0.15) is 233 Å². The molecule has 0 bridgehead atoms. The molecule has 0 heterocycles. The summed E-state index contributed by atoms with van der Waals surface area (Å²) in [7, 11) is 0. The first-order chi connectivity index (χ1) is 32.5. The van der Waals surface area contributed by atoms with Gasteiger partial charge in [-0.3, -0.25) is 14.4 Å². The quantitative estimate of drug-likeness (QED) is 0.0262. The number of hydrogen-bond donors (Lipinski definition) is 0. The van der Waals surface area contributed by atoms with Crippen LogP contribution in [0.4, 0.5) is 0 Å². The smallest absolute Gasteiger partial charge is 0.306 e. The number of hydrogen-bond acceptors (Lipinski definition) is 6. The van der Waals surface area contributed by atoms with E-state index in [0.29, 0.717) is 19.3 Å². The Labute approximate surface area is 406 Å². The first kappa shape index (κ1) is 62.1. The average Bonchev–Trinajstić information content (AvgIpc) is 3.31. The third-order valence-corrected chi connectivity index (χ3v) is 11.0. The van der Waals surface area contributed by atoms with Crippen LogP contribution in [0.5, 0.6) is 0 Å². The van der Waals surface area contributed by atoms with Crippen LogP contribution in [-0.2, 0) is 28.6 Å². The van der Waals surface area contributed by atoms with Gasteiger partial charge in [-0.15, -0.1) is 0 Å². The van der Waals surface area contributed by atoms with Gasteiger partial charge in [-0.1, -0.05) is 226 Å². The van der Waals surface area contributed by atoms with Gasteiger partial charge < -0.3 is 14.2 Å². The van der Waals surface area contributed by atoms with Crippen LogP contribution in [0.2, 0.25) is 0 Å². The highest BCUT2D eigenvalue weighted by atomic mass is 16.6. The van der Waals surface area contributed by atoms with Crippen LogP contribution < -0.4 is 0 Å². The molecule has 0 saturated heterocycles. The van der Waals surface area contributed by atoms with Crippen molar-refractivity contribution < 1.29 is 28.6 Å². The van der Waals surface area contributed by atoms with E-state index in [9.17, 15) is 14.4 Å². The zero-order chi connectivity index (χ0) is 47.9. The molecule has 1 unspecified atom stereocenters. The van der Waals surface area contributed by atoms with Gasteiger partial charge in [-0.25, -0.2) is 0 Å². The number of unbranched alkanes of at least 4 members (excludes halogenated alkanes) is 18. The molecule has 0 rings (SSSR count). The molecular weight excluding hydrogens is 817 g/mol. The topological polar surface area (TPSA) is 78.9 Å². The molecule has 0 saturated carbocycles. The Morgan fingerprint density at radius 1 is 0.318 bits per heavy atom. The lowest BCUT2D eigenvalue weighted by Crippen LogP contribution is -2.30. The van der Waals surface area contributed by atoms with Crippen LogP contribution in [-0.4, -0.2) is 37.2 Å². The maximum Gasteiger partial charge on any atom is 0.306 e. The van der Waals surface area contributed by atoms with Crippen molar-refractivity contribution in [3.8, 4) is 0 Å². The van der Waals surface area contributed by atoms with Crippen molar-refractivity contribution in [2.24, 2.45) is 0 Å². The minimum atomic E-state index is -0.806. The predicted molar refractivity (Wildman–Crippen MR) is 283 cm³/mol. The summed E-state index contributed by atoms with van der Waals surface area (Å²) < 4.78 is 16.7. The van der Waals surface area contributed by atoms with Crippen molar-refractivity contribution in [1.29, 1.82) is 0 Å². The van der Waals surface area contributed by atoms with Crippen molar-refractivity contribution in [2.45, 2.75) is 239 Å². The molecule has 0 N–H and O–H groups in total. The number of carbonyl (C=O) groups excluding carboxylic acids is 3.